The van der Waals surface area contributed by atoms with Crippen molar-refractivity contribution in [1.29, 1.82) is 0 Å². The fourth-order valence-electron chi connectivity index (χ4n) is 7.51. The van der Waals surface area contributed by atoms with Crippen LogP contribution < -0.4 is 0 Å². The Morgan fingerprint density at radius 1 is 1.26 bits per heavy atom. The van der Waals surface area contributed by atoms with Crippen molar-refractivity contribution >= 4 is 0 Å². The van der Waals surface area contributed by atoms with Crippen LogP contribution in [0.2, 0.25) is 0 Å². The average Bonchev–Trinajstić information content (AvgIpc) is 3.09. The quantitative estimate of drug-likeness (QED) is 0.831. The number of aryl methyl sites for hydroxylation is 1. The van der Waals surface area contributed by atoms with Gasteiger partial charge in [-0.05, 0) is 85.2 Å². The number of hydrogen-bond donors (Lipinski definition) is 2. The Balaban J connectivity index is 1.56. The molecule has 1 aromatic heterocycles. The normalized spacial score (nSPS) is 51.0. The van der Waals surface area contributed by atoms with Gasteiger partial charge in [0.05, 0.1) is 18.5 Å². The van der Waals surface area contributed by atoms with Crippen LogP contribution in [0, 0.1) is 22.7 Å². The molecule has 0 amide bonds. The van der Waals surface area contributed by atoms with E-state index in [1.165, 1.54) is 37.0 Å². The van der Waals surface area contributed by atoms with Gasteiger partial charge in [0, 0.05) is 6.42 Å². The molecule has 0 aliphatic heterocycles. The summed E-state index contributed by atoms with van der Waals surface area (Å²) in [7, 11) is 0. The number of furan rings is 1. The summed E-state index contributed by atoms with van der Waals surface area (Å²) in [5.41, 5.74) is 1.26. The number of fused-ring (bicyclic) bond motifs is 5. The summed E-state index contributed by atoms with van der Waals surface area (Å²) in [6, 6.07) is 2.21. The first-order chi connectivity index (χ1) is 11.0. The third-order valence-electron chi connectivity index (χ3n) is 8.46. The van der Waals surface area contributed by atoms with Crippen LogP contribution in [0.5, 0.6) is 0 Å². The van der Waals surface area contributed by atoms with Crippen LogP contribution in [0.3, 0.4) is 0 Å². The first-order valence-corrected chi connectivity index (χ1v) is 9.40. The molecule has 0 aromatic carbocycles. The molecule has 0 radical (unpaired) electrons. The fraction of sp³-hybridized carbons (Fsp3) is 0.800. The Hall–Kier alpha value is -0.800. The largest absolute Gasteiger partial charge is 0.469 e. The minimum absolute atomic E-state index is 0.0574. The highest BCUT2D eigenvalue weighted by Gasteiger charge is 2.65. The fourth-order valence-corrected chi connectivity index (χ4v) is 7.51. The second-order valence-corrected chi connectivity index (χ2v) is 9.23. The summed E-state index contributed by atoms with van der Waals surface area (Å²) in [5, 5.41) is 20.7. The van der Waals surface area contributed by atoms with E-state index >= 15 is 0 Å². The molecular weight excluding hydrogens is 288 g/mol. The standard InChI is InChI=1S/C20H28O3/c1-18-7-5-16-14(6-9-23-16)15(18)4-8-19-10-13(2-3-17(18)19)20(22,11-19)12-21/h6,9,13,15,17,21-22H,2-5,7-8,10-12H2,1H3/t13-,15?,17?,18-,19+,20?/m1/s1. The van der Waals surface area contributed by atoms with E-state index in [9.17, 15) is 10.2 Å². The predicted octanol–water partition coefficient (Wildman–Crippen LogP) is 3.64. The molecule has 3 unspecified atom stereocenters. The maximum Gasteiger partial charge on any atom is 0.107 e. The van der Waals surface area contributed by atoms with Gasteiger partial charge < -0.3 is 14.6 Å². The smallest absolute Gasteiger partial charge is 0.107 e. The van der Waals surface area contributed by atoms with E-state index < -0.39 is 5.60 Å². The van der Waals surface area contributed by atoms with Crippen LogP contribution in [-0.4, -0.2) is 22.4 Å². The van der Waals surface area contributed by atoms with Crippen molar-refractivity contribution in [2.45, 2.75) is 69.8 Å². The Morgan fingerprint density at radius 2 is 2.13 bits per heavy atom. The van der Waals surface area contributed by atoms with E-state index in [4.69, 9.17) is 4.42 Å². The average molecular weight is 316 g/mol. The summed E-state index contributed by atoms with van der Waals surface area (Å²) in [6.07, 6.45) is 10.9. The van der Waals surface area contributed by atoms with Crippen molar-refractivity contribution in [2.75, 3.05) is 6.61 Å². The van der Waals surface area contributed by atoms with E-state index in [0.717, 1.165) is 25.7 Å². The van der Waals surface area contributed by atoms with Crippen LogP contribution in [0.4, 0.5) is 0 Å². The van der Waals surface area contributed by atoms with Crippen LogP contribution in [0.25, 0.3) is 0 Å². The molecule has 2 N–H and O–H groups in total. The Kier molecular flexibility index (Phi) is 2.80. The molecule has 1 spiro atoms. The van der Waals surface area contributed by atoms with E-state index in [1.807, 2.05) is 6.26 Å². The molecule has 4 aliphatic carbocycles. The Labute approximate surface area is 138 Å². The van der Waals surface area contributed by atoms with Gasteiger partial charge in [-0.2, -0.15) is 0 Å². The zero-order valence-electron chi connectivity index (χ0n) is 14.1. The summed E-state index contributed by atoms with van der Waals surface area (Å²) in [5.74, 6) is 2.85. The molecule has 23 heavy (non-hydrogen) atoms. The summed E-state index contributed by atoms with van der Waals surface area (Å²) in [6.45, 7) is 2.45. The van der Waals surface area contributed by atoms with Gasteiger partial charge in [0.1, 0.15) is 5.76 Å². The third kappa shape index (κ3) is 1.68. The van der Waals surface area contributed by atoms with Crippen LogP contribution in [0.15, 0.2) is 16.7 Å². The Morgan fingerprint density at radius 3 is 2.96 bits per heavy atom. The molecule has 0 saturated heterocycles. The minimum atomic E-state index is -0.812. The van der Waals surface area contributed by atoms with E-state index in [-0.39, 0.29) is 12.0 Å². The summed E-state index contributed by atoms with van der Waals surface area (Å²) >= 11 is 0. The van der Waals surface area contributed by atoms with Crippen LogP contribution in [-0.2, 0) is 6.42 Å². The SMILES string of the molecule is C[C@@]12CCc3occc3C1CC[C@@]13C[C@@H](CCC12)C(O)(CO)C3. The topological polar surface area (TPSA) is 53.6 Å². The van der Waals surface area contributed by atoms with E-state index in [0.29, 0.717) is 23.2 Å². The molecule has 1 heterocycles. The van der Waals surface area contributed by atoms with Crippen LogP contribution in [0.1, 0.15) is 69.1 Å². The molecule has 3 nitrogen and oxygen atoms in total. The molecule has 126 valence electrons. The summed E-state index contributed by atoms with van der Waals surface area (Å²) < 4.78 is 5.72. The molecule has 4 aliphatic rings. The van der Waals surface area contributed by atoms with Gasteiger partial charge >= 0.3 is 0 Å². The number of rotatable bonds is 1. The van der Waals surface area contributed by atoms with Crippen molar-refractivity contribution in [3.8, 4) is 0 Å². The highest BCUT2D eigenvalue weighted by molar-refractivity contribution is 5.31. The molecule has 3 heteroatoms. The zero-order valence-corrected chi connectivity index (χ0v) is 14.1. The van der Waals surface area contributed by atoms with Crippen molar-refractivity contribution in [3.63, 3.8) is 0 Å². The lowest BCUT2D eigenvalue weighted by Crippen LogP contribution is -2.51. The minimum Gasteiger partial charge on any atom is -0.469 e. The maximum absolute atomic E-state index is 10.9. The first kappa shape index (κ1) is 14.5. The lowest BCUT2D eigenvalue weighted by Gasteiger charge is -2.59. The van der Waals surface area contributed by atoms with Gasteiger partial charge in [0.2, 0.25) is 0 Å². The van der Waals surface area contributed by atoms with Crippen LogP contribution >= 0.6 is 0 Å². The maximum atomic E-state index is 10.9. The zero-order chi connectivity index (χ0) is 15.9. The molecule has 2 bridgehead atoms. The number of hydrogen-bond acceptors (Lipinski definition) is 3. The monoisotopic (exact) mass is 316 g/mol. The first-order valence-electron chi connectivity index (χ1n) is 9.40. The molecule has 3 saturated carbocycles. The second kappa shape index (κ2) is 4.43. The lowest BCUT2D eigenvalue weighted by atomic mass is 9.45. The Bertz CT molecular complexity index is 637. The van der Waals surface area contributed by atoms with E-state index in [1.54, 1.807) is 0 Å². The van der Waals surface area contributed by atoms with Gasteiger partial charge in [-0.1, -0.05) is 6.92 Å². The van der Waals surface area contributed by atoms with Crippen molar-refractivity contribution in [3.05, 3.63) is 23.7 Å². The molecule has 5 rings (SSSR count). The molecule has 1 aromatic rings. The molecular formula is C20H28O3. The molecule has 6 atom stereocenters. The number of aliphatic hydroxyl groups excluding tert-OH is 1. The highest BCUT2D eigenvalue weighted by Crippen LogP contribution is 2.71. The van der Waals surface area contributed by atoms with Crippen molar-refractivity contribution in [2.24, 2.45) is 22.7 Å². The number of aliphatic hydroxyl groups is 2. The summed E-state index contributed by atoms with van der Waals surface area (Å²) in [4.78, 5) is 0. The predicted molar refractivity (Wildman–Crippen MR) is 87.0 cm³/mol. The van der Waals surface area contributed by atoms with Crippen molar-refractivity contribution in [1.82, 2.24) is 0 Å². The van der Waals surface area contributed by atoms with Gasteiger partial charge in [0.15, 0.2) is 0 Å². The highest BCUT2D eigenvalue weighted by atomic mass is 16.3. The van der Waals surface area contributed by atoms with Gasteiger partial charge in [-0.25, -0.2) is 0 Å². The third-order valence-corrected chi connectivity index (χ3v) is 8.46. The van der Waals surface area contributed by atoms with E-state index in [2.05, 4.69) is 13.0 Å². The van der Waals surface area contributed by atoms with Gasteiger partial charge in [-0.15, -0.1) is 0 Å². The van der Waals surface area contributed by atoms with Crippen molar-refractivity contribution < 1.29 is 14.6 Å². The molecule has 3 fully saturated rings. The van der Waals surface area contributed by atoms with Gasteiger partial charge in [0.25, 0.3) is 0 Å². The second-order valence-electron chi connectivity index (χ2n) is 9.23. The lowest BCUT2D eigenvalue weighted by molar-refractivity contribution is -0.0727. The van der Waals surface area contributed by atoms with Gasteiger partial charge in [-0.3, -0.25) is 0 Å².